The van der Waals surface area contributed by atoms with Crippen molar-refractivity contribution in [3.8, 4) is 72.8 Å². The first kappa shape index (κ1) is 41.5. The van der Waals surface area contributed by atoms with Gasteiger partial charge in [0.25, 0.3) is 0 Å². The van der Waals surface area contributed by atoms with Gasteiger partial charge in [0, 0.05) is 44.4 Å². The molecule has 3 nitrogen and oxygen atoms in total. The molecule has 2 aliphatic rings. The van der Waals surface area contributed by atoms with Crippen LogP contribution < -0.4 is 15.8 Å². The third-order valence-electron chi connectivity index (χ3n) is 15.3. The van der Waals surface area contributed by atoms with Crippen molar-refractivity contribution in [1.29, 1.82) is 5.26 Å². The van der Waals surface area contributed by atoms with Crippen LogP contribution in [-0.4, -0.2) is 11.3 Å². The second-order valence-electron chi connectivity index (χ2n) is 19.4. The van der Waals surface area contributed by atoms with Crippen molar-refractivity contribution in [2.45, 2.75) is 34.6 Å². The van der Waals surface area contributed by atoms with Gasteiger partial charge in [-0.2, -0.15) is 5.26 Å². The zero-order valence-electron chi connectivity index (χ0n) is 40.0. The Morgan fingerprint density at radius 2 is 0.971 bits per heavy atom. The van der Waals surface area contributed by atoms with Crippen molar-refractivity contribution in [2.75, 3.05) is 4.90 Å². The number of benzene rings is 10. The summed E-state index contributed by atoms with van der Waals surface area (Å²) in [5.41, 5.74) is 29.9. The molecule has 10 aromatic carbocycles. The van der Waals surface area contributed by atoms with E-state index >= 15 is 0 Å². The Bertz CT molecular complexity index is 3950. The minimum atomic E-state index is -0.151. The molecule has 0 bridgehead atoms. The highest BCUT2D eigenvalue weighted by Gasteiger charge is 2.44. The van der Waals surface area contributed by atoms with Crippen LogP contribution in [0.25, 0.3) is 88.6 Å². The van der Waals surface area contributed by atoms with Crippen molar-refractivity contribution < 1.29 is 0 Å². The summed E-state index contributed by atoms with van der Waals surface area (Å²) in [5, 5.41) is 12.4. The van der Waals surface area contributed by atoms with Crippen molar-refractivity contribution >= 4 is 56.6 Å². The monoisotopic (exact) mass is 893 g/mol. The van der Waals surface area contributed by atoms with Gasteiger partial charge < -0.3 is 9.38 Å². The molecule has 0 unspecified atom stereocenters. The Morgan fingerprint density at radius 1 is 0.414 bits per heavy atom. The molecule has 1 aromatic heterocycles. The molecular weight excluding hydrogens is 846 g/mol. The molecule has 0 atom stereocenters. The zero-order chi connectivity index (χ0) is 47.4. The fourth-order valence-electron chi connectivity index (χ4n) is 12.2. The number of anilines is 3. The van der Waals surface area contributed by atoms with Gasteiger partial charge in [-0.15, -0.1) is 0 Å². The van der Waals surface area contributed by atoms with E-state index in [1.165, 1.54) is 116 Å². The molecule has 4 heteroatoms. The lowest BCUT2D eigenvalue weighted by Gasteiger charge is -2.42. The predicted octanol–water partition coefficient (Wildman–Crippen LogP) is 16.0. The van der Waals surface area contributed by atoms with E-state index in [1.807, 2.05) is 12.1 Å². The maximum atomic E-state index is 9.92. The molecule has 0 spiro atoms. The van der Waals surface area contributed by atoms with E-state index in [0.29, 0.717) is 5.56 Å². The van der Waals surface area contributed by atoms with Crippen LogP contribution in [0.5, 0.6) is 0 Å². The predicted molar refractivity (Wildman–Crippen MR) is 296 cm³/mol. The van der Waals surface area contributed by atoms with Gasteiger partial charge in [0.15, 0.2) is 0 Å². The Balaban J connectivity index is 1.19. The van der Waals surface area contributed by atoms with Gasteiger partial charge in [-0.1, -0.05) is 140 Å². The fourth-order valence-corrected chi connectivity index (χ4v) is 12.2. The van der Waals surface area contributed by atoms with Gasteiger partial charge in [-0.25, -0.2) is 0 Å². The maximum absolute atomic E-state index is 9.92. The summed E-state index contributed by atoms with van der Waals surface area (Å²) in [6.45, 7) is 11.1. The highest BCUT2D eigenvalue weighted by Crippen LogP contribution is 2.51. The highest BCUT2D eigenvalue weighted by molar-refractivity contribution is 6.90. The molecule has 330 valence electrons. The van der Waals surface area contributed by atoms with Gasteiger partial charge in [-0.05, 0) is 195 Å². The van der Waals surface area contributed by atoms with Gasteiger partial charge >= 0.3 is 6.85 Å². The second-order valence-corrected chi connectivity index (χ2v) is 19.4. The van der Waals surface area contributed by atoms with E-state index in [2.05, 4.69) is 238 Å². The van der Waals surface area contributed by atoms with Crippen LogP contribution in [0.3, 0.4) is 0 Å². The molecule has 0 aliphatic carbocycles. The fraction of sp³-hybridized carbons (Fsp3) is 0.0758. The SMILES string of the molecule is Cc1cccc(C)c1-c1ccc2c(c1)c1cc(-c3c(C)cccc3C)cc3c1n2B1c2cc(-c4ccccc4)ccc2N(c2ccc(-c4ccccc4)cc2)c2cc(-c4ccc(C#N)cc4)c(C)c-3c21. The maximum Gasteiger partial charge on any atom is 0.333 e. The lowest BCUT2D eigenvalue weighted by molar-refractivity contribution is 1.25. The average Bonchev–Trinajstić information content (AvgIpc) is 3.71. The molecule has 13 rings (SSSR count). The molecule has 3 heterocycles. The summed E-state index contributed by atoms with van der Waals surface area (Å²) in [5.74, 6) is 0. The smallest absolute Gasteiger partial charge is 0.333 e. The molecule has 70 heavy (non-hydrogen) atoms. The molecule has 0 saturated heterocycles. The summed E-state index contributed by atoms with van der Waals surface area (Å²) >= 11 is 0. The lowest BCUT2D eigenvalue weighted by atomic mass is 9.44. The van der Waals surface area contributed by atoms with Crippen LogP contribution in [0.1, 0.15) is 33.4 Å². The number of fused-ring (bicyclic) bond motifs is 7. The topological polar surface area (TPSA) is 32.0 Å². The molecule has 0 fully saturated rings. The summed E-state index contributed by atoms with van der Waals surface area (Å²) in [7, 11) is 0. The number of hydrogen-bond acceptors (Lipinski definition) is 2. The van der Waals surface area contributed by atoms with E-state index in [1.54, 1.807) is 0 Å². The third-order valence-corrected chi connectivity index (χ3v) is 15.3. The first-order valence-corrected chi connectivity index (χ1v) is 24.3. The Labute approximate surface area is 410 Å². The first-order chi connectivity index (χ1) is 34.2. The van der Waals surface area contributed by atoms with Crippen LogP contribution in [0.2, 0.25) is 0 Å². The number of hydrogen-bond donors (Lipinski definition) is 0. The van der Waals surface area contributed by atoms with Gasteiger partial charge in [0.2, 0.25) is 0 Å². The van der Waals surface area contributed by atoms with E-state index in [4.69, 9.17) is 0 Å². The summed E-state index contributed by atoms with van der Waals surface area (Å²) < 4.78 is 2.69. The first-order valence-electron chi connectivity index (χ1n) is 24.3. The summed E-state index contributed by atoms with van der Waals surface area (Å²) in [4.78, 5) is 2.52. The Morgan fingerprint density at radius 3 is 1.61 bits per heavy atom. The number of rotatable bonds is 6. The van der Waals surface area contributed by atoms with Gasteiger partial charge in [0.1, 0.15) is 0 Å². The molecule has 0 N–H and O–H groups in total. The van der Waals surface area contributed by atoms with E-state index in [9.17, 15) is 5.26 Å². The normalized spacial score (nSPS) is 12.3. The zero-order valence-corrected chi connectivity index (χ0v) is 40.0. The number of aryl methyl sites for hydroxylation is 4. The van der Waals surface area contributed by atoms with Crippen molar-refractivity contribution in [3.63, 3.8) is 0 Å². The minimum Gasteiger partial charge on any atom is -0.375 e. The molecular formula is C66H48BN3. The second kappa shape index (κ2) is 16.0. The summed E-state index contributed by atoms with van der Waals surface area (Å²) in [6.07, 6.45) is 0. The molecule has 0 radical (unpaired) electrons. The number of nitrogens with zero attached hydrogens (tertiary/aromatic N) is 3. The van der Waals surface area contributed by atoms with E-state index < -0.39 is 0 Å². The molecule has 2 aliphatic heterocycles. The Hall–Kier alpha value is -8.65. The van der Waals surface area contributed by atoms with Crippen LogP contribution in [-0.2, 0) is 0 Å². The van der Waals surface area contributed by atoms with E-state index in [0.717, 1.165) is 28.2 Å². The quantitative estimate of drug-likeness (QED) is 0.156. The average molecular weight is 894 g/mol. The van der Waals surface area contributed by atoms with Crippen molar-refractivity contribution in [2.24, 2.45) is 0 Å². The Kier molecular flexibility index (Phi) is 9.48. The van der Waals surface area contributed by atoms with Crippen molar-refractivity contribution in [3.05, 3.63) is 234 Å². The molecule has 11 aromatic rings. The third kappa shape index (κ3) is 6.28. The van der Waals surface area contributed by atoms with Crippen LogP contribution in [0, 0.1) is 45.9 Å². The van der Waals surface area contributed by atoms with Crippen LogP contribution in [0.4, 0.5) is 17.1 Å². The largest absolute Gasteiger partial charge is 0.375 e. The lowest BCUT2D eigenvalue weighted by Crippen LogP contribution is -2.57. The number of aromatic nitrogens is 1. The highest BCUT2D eigenvalue weighted by atomic mass is 15.2. The number of nitriles is 1. The molecule has 0 amide bonds. The summed E-state index contributed by atoms with van der Waals surface area (Å²) in [6, 6.07) is 76.1. The molecule has 0 saturated carbocycles. The van der Waals surface area contributed by atoms with Crippen LogP contribution in [0.15, 0.2) is 200 Å². The van der Waals surface area contributed by atoms with Gasteiger partial charge in [-0.3, -0.25) is 0 Å². The standard InChI is InChI=1S/C66H48BN3/c1-40-14-12-15-41(2)62(40)51-29-32-59-55(34-51)56-35-52(63-42(3)16-13-17-43(63)4)36-57-64-44(5)54(49-24-22-45(39-68)23-25-49)38-61-65(64)67(70(59)66(56)57)58-37-50(47-20-10-7-11-21-47)28-33-60(58)69(61)53-30-26-48(27-31-53)46-18-8-6-9-19-46/h6-38H,1-5H3. The van der Waals surface area contributed by atoms with E-state index in [-0.39, 0.29) is 6.85 Å². The minimum absolute atomic E-state index is 0.151. The van der Waals surface area contributed by atoms with Gasteiger partial charge in [0.05, 0.1) is 11.6 Å². The van der Waals surface area contributed by atoms with Crippen LogP contribution >= 0.6 is 0 Å². The van der Waals surface area contributed by atoms with Crippen molar-refractivity contribution in [1.82, 2.24) is 4.48 Å².